The second-order valence-electron chi connectivity index (χ2n) is 6.12. The number of rotatable bonds is 4. The van der Waals surface area contributed by atoms with E-state index in [1.807, 2.05) is 38.1 Å². The normalized spacial score (nSPS) is 10.8. The summed E-state index contributed by atoms with van der Waals surface area (Å²) in [4.78, 5) is 25.0. The fourth-order valence-corrected chi connectivity index (χ4v) is 3.08. The Morgan fingerprint density at radius 2 is 1.88 bits per heavy atom. The van der Waals surface area contributed by atoms with Crippen LogP contribution in [0.2, 0.25) is 5.02 Å². The van der Waals surface area contributed by atoms with Crippen LogP contribution in [-0.2, 0) is 11.3 Å². The van der Waals surface area contributed by atoms with E-state index in [0.29, 0.717) is 16.5 Å². The number of nitrogens with zero attached hydrogens (tertiary/aromatic N) is 1. The molecule has 1 heterocycles. The number of para-hydroxylation sites is 1. The highest BCUT2D eigenvalue weighted by molar-refractivity contribution is 6.31. The molecular formula is C20H19ClN2O3. The van der Waals surface area contributed by atoms with Crippen LogP contribution in [0.1, 0.15) is 11.1 Å². The van der Waals surface area contributed by atoms with Crippen LogP contribution in [-0.4, -0.2) is 17.6 Å². The van der Waals surface area contributed by atoms with Gasteiger partial charge in [-0.2, -0.15) is 0 Å². The molecule has 2 aromatic carbocycles. The van der Waals surface area contributed by atoms with Gasteiger partial charge in [0.25, 0.3) is 5.56 Å². The summed E-state index contributed by atoms with van der Waals surface area (Å²) in [6, 6.07) is 12.5. The minimum absolute atomic E-state index is 0.0928. The van der Waals surface area contributed by atoms with Crippen molar-refractivity contribution >= 4 is 34.1 Å². The van der Waals surface area contributed by atoms with Crippen molar-refractivity contribution in [1.82, 2.24) is 4.57 Å². The van der Waals surface area contributed by atoms with Gasteiger partial charge in [0.05, 0.1) is 18.3 Å². The van der Waals surface area contributed by atoms with Crippen LogP contribution < -0.4 is 15.6 Å². The van der Waals surface area contributed by atoms with E-state index in [2.05, 4.69) is 5.32 Å². The van der Waals surface area contributed by atoms with Crippen molar-refractivity contribution in [3.63, 3.8) is 0 Å². The fraction of sp³-hybridized carbons (Fsp3) is 0.200. The number of carbonyl (C=O) groups excluding carboxylic acids is 1. The summed E-state index contributed by atoms with van der Waals surface area (Å²) in [7, 11) is 1.51. The first-order valence-corrected chi connectivity index (χ1v) is 8.51. The van der Waals surface area contributed by atoms with Gasteiger partial charge in [0.2, 0.25) is 5.91 Å². The Hall–Kier alpha value is -2.79. The molecule has 0 aliphatic carbocycles. The van der Waals surface area contributed by atoms with Gasteiger partial charge < -0.3 is 10.1 Å². The van der Waals surface area contributed by atoms with Crippen LogP contribution in [0.25, 0.3) is 10.9 Å². The first kappa shape index (κ1) is 18.0. The van der Waals surface area contributed by atoms with Crippen molar-refractivity contribution in [1.29, 1.82) is 0 Å². The molecule has 0 aliphatic rings. The zero-order chi connectivity index (χ0) is 18.8. The summed E-state index contributed by atoms with van der Waals surface area (Å²) in [6.45, 7) is 3.63. The molecule has 0 unspecified atom stereocenters. The molecule has 1 amide bonds. The maximum absolute atomic E-state index is 12.6. The van der Waals surface area contributed by atoms with E-state index in [0.717, 1.165) is 22.0 Å². The van der Waals surface area contributed by atoms with Gasteiger partial charge >= 0.3 is 0 Å². The second-order valence-corrected chi connectivity index (χ2v) is 6.53. The van der Waals surface area contributed by atoms with Crippen molar-refractivity contribution < 1.29 is 9.53 Å². The number of aryl methyl sites for hydroxylation is 2. The molecule has 3 aromatic rings. The van der Waals surface area contributed by atoms with Crippen LogP contribution in [0.5, 0.6) is 5.75 Å². The molecule has 0 aliphatic heterocycles. The summed E-state index contributed by atoms with van der Waals surface area (Å²) < 4.78 is 6.74. The average molecular weight is 371 g/mol. The van der Waals surface area contributed by atoms with E-state index < -0.39 is 0 Å². The zero-order valence-electron chi connectivity index (χ0n) is 14.8. The van der Waals surface area contributed by atoms with Crippen molar-refractivity contribution in [2.75, 3.05) is 12.4 Å². The highest BCUT2D eigenvalue weighted by atomic mass is 35.5. The van der Waals surface area contributed by atoms with Gasteiger partial charge in [0, 0.05) is 22.5 Å². The molecule has 1 aromatic heterocycles. The van der Waals surface area contributed by atoms with Crippen LogP contribution in [0.4, 0.5) is 5.69 Å². The molecule has 0 atom stereocenters. The number of benzene rings is 2. The van der Waals surface area contributed by atoms with Crippen molar-refractivity contribution in [2.24, 2.45) is 0 Å². The molecule has 0 spiro atoms. The van der Waals surface area contributed by atoms with E-state index in [1.54, 1.807) is 18.2 Å². The number of anilines is 1. The highest BCUT2D eigenvalue weighted by Crippen LogP contribution is 2.31. The summed E-state index contributed by atoms with van der Waals surface area (Å²) in [5.74, 6) is 0.149. The third kappa shape index (κ3) is 3.44. The lowest BCUT2D eigenvalue weighted by atomic mass is 10.1. The third-order valence-corrected chi connectivity index (χ3v) is 4.69. The Bertz CT molecular complexity index is 1060. The van der Waals surface area contributed by atoms with Crippen molar-refractivity contribution in [3.05, 3.63) is 69.0 Å². The molecule has 0 bridgehead atoms. The Balaban J connectivity index is 1.94. The molecule has 0 saturated heterocycles. The van der Waals surface area contributed by atoms with E-state index in [9.17, 15) is 9.59 Å². The molecule has 3 rings (SSSR count). The number of fused-ring (bicyclic) bond motifs is 1. The maximum atomic E-state index is 12.6. The van der Waals surface area contributed by atoms with Crippen LogP contribution in [0.3, 0.4) is 0 Å². The number of hydrogen-bond acceptors (Lipinski definition) is 3. The van der Waals surface area contributed by atoms with Crippen LogP contribution >= 0.6 is 11.6 Å². The summed E-state index contributed by atoms with van der Waals surface area (Å²) in [6.07, 6.45) is 0. The average Bonchev–Trinajstić information content (AvgIpc) is 2.61. The molecule has 0 fully saturated rings. The molecule has 1 N–H and O–H groups in total. The zero-order valence-corrected chi connectivity index (χ0v) is 15.6. The van der Waals surface area contributed by atoms with E-state index in [1.165, 1.54) is 11.7 Å². The third-order valence-electron chi connectivity index (χ3n) is 4.28. The molecule has 6 heteroatoms. The Morgan fingerprint density at radius 3 is 2.62 bits per heavy atom. The van der Waals surface area contributed by atoms with E-state index >= 15 is 0 Å². The fourth-order valence-electron chi connectivity index (χ4n) is 2.93. The van der Waals surface area contributed by atoms with Gasteiger partial charge in [-0.3, -0.25) is 14.2 Å². The first-order valence-electron chi connectivity index (χ1n) is 8.14. The lowest BCUT2D eigenvalue weighted by Gasteiger charge is -2.14. The number of aromatic nitrogens is 1. The van der Waals surface area contributed by atoms with Gasteiger partial charge in [-0.25, -0.2) is 0 Å². The van der Waals surface area contributed by atoms with Crippen LogP contribution in [0, 0.1) is 13.8 Å². The molecule has 26 heavy (non-hydrogen) atoms. The molecule has 0 saturated carbocycles. The van der Waals surface area contributed by atoms with Gasteiger partial charge in [0.15, 0.2) is 0 Å². The number of methoxy groups -OCH3 is 1. The molecule has 134 valence electrons. The molecule has 5 nitrogen and oxygen atoms in total. The van der Waals surface area contributed by atoms with E-state index in [-0.39, 0.29) is 18.0 Å². The second kappa shape index (κ2) is 7.22. The minimum atomic E-state index is -0.318. The standard InChI is InChI=1S/C20H19ClN2O3/c1-12-9-20(25)23(17-7-5-4-6-14(12)17)11-19(24)22-16-8-13(2)15(21)10-18(16)26-3/h4-10H,11H2,1-3H3,(H,22,24). The summed E-state index contributed by atoms with van der Waals surface area (Å²) in [5, 5.41) is 4.30. The largest absolute Gasteiger partial charge is 0.495 e. The lowest BCUT2D eigenvalue weighted by molar-refractivity contribution is -0.116. The predicted octanol–water partition coefficient (Wildman–Crippen LogP) is 3.92. The summed E-state index contributed by atoms with van der Waals surface area (Å²) in [5.41, 5.74) is 2.74. The predicted molar refractivity (Wildman–Crippen MR) is 104 cm³/mol. The first-order chi connectivity index (χ1) is 12.4. The molecular weight excluding hydrogens is 352 g/mol. The van der Waals surface area contributed by atoms with E-state index in [4.69, 9.17) is 16.3 Å². The highest BCUT2D eigenvalue weighted by Gasteiger charge is 2.13. The number of pyridine rings is 1. The van der Waals surface area contributed by atoms with Gasteiger partial charge in [-0.1, -0.05) is 29.8 Å². The maximum Gasteiger partial charge on any atom is 0.251 e. The Morgan fingerprint density at radius 1 is 1.15 bits per heavy atom. The Labute approximate surface area is 156 Å². The van der Waals surface area contributed by atoms with Crippen molar-refractivity contribution in [2.45, 2.75) is 20.4 Å². The Kier molecular flexibility index (Phi) is 5.00. The number of hydrogen-bond donors (Lipinski definition) is 1. The number of halogens is 1. The quantitative estimate of drug-likeness (QED) is 0.757. The SMILES string of the molecule is COc1cc(Cl)c(C)cc1NC(=O)Cn1c(=O)cc(C)c2ccccc21. The number of carbonyl (C=O) groups is 1. The monoisotopic (exact) mass is 370 g/mol. The van der Waals surface area contributed by atoms with Gasteiger partial charge in [-0.05, 0) is 37.1 Å². The smallest absolute Gasteiger partial charge is 0.251 e. The van der Waals surface area contributed by atoms with Gasteiger partial charge in [-0.15, -0.1) is 0 Å². The summed E-state index contributed by atoms with van der Waals surface area (Å²) >= 11 is 6.09. The van der Waals surface area contributed by atoms with Crippen LogP contribution in [0.15, 0.2) is 47.3 Å². The number of nitrogens with one attached hydrogen (secondary N) is 1. The molecule has 0 radical (unpaired) electrons. The number of ether oxygens (including phenoxy) is 1. The van der Waals surface area contributed by atoms with Gasteiger partial charge in [0.1, 0.15) is 12.3 Å². The van der Waals surface area contributed by atoms with Crippen molar-refractivity contribution in [3.8, 4) is 5.75 Å². The number of amides is 1. The minimum Gasteiger partial charge on any atom is -0.495 e. The lowest BCUT2D eigenvalue weighted by Crippen LogP contribution is -2.28. The topological polar surface area (TPSA) is 60.3 Å².